The zero-order valence-electron chi connectivity index (χ0n) is 26.6. The zero-order chi connectivity index (χ0) is 32.0. The molecule has 230 valence electrons. The minimum Gasteiger partial charge on any atom is -0.456 e. The molecule has 3 aromatic heterocycles. The summed E-state index contributed by atoms with van der Waals surface area (Å²) in [7, 11) is 0. The van der Waals surface area contributed by atoms with E-state index < -0.39 is 0 Å². The van der Waals surface area contributed by atoms with Crippen LogP contribution in [0.1, 0.15) is 25.3 Å². The van der Waals surface area contributed by atoms with Crippen molar-refractivity contribution in [2.45, 2.75) is 26.2 Å². The molecule has 0 amide bonds. The first-order valence-electron chi connectivity index (χ1n) is 16.6. The maximum absolute atomic E-state index is 6.23. The van der Waals surface area contributed by atoms with Crippen molar-refractivity contribution in [3.8, 4) is 39.9 Å². The van der Waals surface area contributed by atoms with E-state index in [0.717, 1.165) is 72.4 Å². The third-order valence-corrected chi connectivity index (χ3v) is 9.27. The van der Waals surface area contributed by atoms with Gasteiger partial charge in [-0.2, -0.15) is 9.97 Å². The highest BCUT2D eigenvalue weighted by Crippen LogP contribution is 2.39. The van der Waals surface area contributed by atoms with E-state index in [1.54, 1.807) is 0 Å². The lowest BCUT2D eigenvalue weighted by Crippen LogP contribution is -2.06. The first-order chi connectivity index (χ1) is 23.7. The number of rotatable bonds is 7. The van der Waals surface area contributed by atoms with Crippen LogP contribution >= 0.6 is 0 Å². The van der Waals surface area contributed by atoms with Gasteiger partial charge < -0.3 is 4.42 Å². The molecule has 0 atom stereocenters. The van der Waals surface area contributed by atoms with Crippen molar-refractivity contribution >= 4 is 43.7 Å². The van der Waals surface area contributed by atoms with Gasteiger partial charge in [-0.15, -0.1) is 0 Å². The second-order valence-electron chi connectivity index (χ2n) is 12.3. The van der Waals surface area contributed by atoms with E-state index in [1.807, 2.05) is 36.4 Å². The first-order valence-corrected chi connectivity index (χ1v) is 16.6. The number of hydrogen-bond acceptors (Lipinski definition) is 4. The van der Waals surface area contributed by atoms with Gasteiger partial charge in [-0.1, -0.05) is 123 Å². The van der Waals surface area contributed by atoms with Gasteiger partial charge in [0.2, 0.25) is 5.95 Å². The molecule has 0 saturated carbocycles. The molecule has 0 radical (unpaired) electrons. The molecule has 0 N–H and O–H groups in total. The smallest absolute Gasteiger partial charge is 0.238 e. The van der Waals surface area contributed by atoms with Crippen molar-refractivity contribution in [2.24, 2.45) is 0 Å². The molecule has 0 unspecified atom stereocenters. The molecule has 3 heterocycles. The van der Waals surface area contributed by atoms with Crippen molar-refractivity contribution in [1.29, 1.82) is 0 Å². The predicted molar refractivity (Wildman–Crippen MR) is 196 cm³/mol. The molecule has 5 nitrogen and oxygen atoms in total. The quantitative estimate of drug-likeness (QED) is 0.178. The Bertz CT molecular complexity index is 2600. The maximum atomic E-state index is 6.23. The monoisotopic (exact) mass is 620 g/mol. The molecule has 5 heteroatoms. The molecule has 6 aromatic carbocycles. The summed E-state index contributed by atoms with van der Waals surface area (Å²) in [6.45, 7) is 2.23. The van der Waals surface area contributed by atoms with Gasteiger partial charge in [0, 0.05) is 32.7 Å². The lowest BCUT2D eigenvalue weighted by molar-refractivity contribution is 0.669. The minimum absolute atomic E-state index is 0.593. The van der Waals surface area contributed by atoms with Gasteiger partial charge in [-0.25, -0.2) is 4.98 Å². The molecule has 9 aromatic rings. The summed E-state index contributed by atoms with van der Waals surface area (Å²) in [6.07, 6.45) is 3.43. The Labute approximate surface area is 278 Å². The van der Waals surface area contributed by atoms with Crippen molar-refractivity contribution in [1.82, 2.24) is 19.5 Å². The Morgan fingerprint density at radius 2 is 1.21 bits per heavy atom. The number of furan rings is 1. The highest BCUT2D eigenvalue weighted by atomic mass is 16.3. The Hall–Kier alpha value is -6.07. The van der Waals surface area contributed by atoms with Crippen LogP contribution in [-0.2, 0) is 6.42 Å². The SMILES string of the molecule is CCCCc1ccc(-c2nc(-c3ccccc3)nc(-n3c4ccccc4c4cc(-c5cccc6oc7ccccc7c56)ccc43)n2)cc1. The van der Waals surface area contributed by atoms with E-state index in [0.29, 0.717) is 17.6 Å². The van der Waals surface area contributed by atoms with Gasteiger partial charge in [-0.05, 0) is 59.9 Å². The molecule has 48 heavy (non-hydrogen) atoms. The van der Waals surface area contributed by atoms with Gasteiger partial charge in [0.1, 0.15) is 11.2 Å². The Kier molecular flexibility index (Phi) is 6.82. The van der Waals surface area contributed by atoms with Gasteiger partial charge in [0.25, 0.3) is 0 Å². The molecular weight excluding hydrogens is 589 g/mol. The summed E-state index contributed by atoms with van der Waals surface area (Å²) < 4.78 is 8.40. The van der Waals surface area contributed by atoms with E-state index in [1.165, 1.54) is 18.4 Å². The average molecular weight is 621 g/mol. The lowest BCUT2D eigenvalue weighted by atomic mass is 9.98. The van der Waals surface area contributed by atoms with Gasteiger partial charge in [0.15, 0.2) is 11.6 Å². The Balaban J connectivity index is 1.25. The van der Waals surface area contributed by atoms with Gasteiger partial charge in [-0.3, -0.25) is 4.57 Å². The fourth-order valence-electron chi connectivity index (χ4n) is 6.88. The normalized spacial score (nSPS) is 11.7. The van der Waals surface area contributed by atoms with Gasteiger partial charge >= 0.3 is 0 Å². The number of unbranched alkanes of at least 4 members (excludes halogenated alkanes) is 1. The van der Waals surface area contributed by atoms with Crippen LogP contribution in [0.25, 0.3) is 83.6 Å². The third-order valence-electron chi connectivity index (χ3n) is 9.27. The second-order valence-corrected chi connectivity index (χ2v) is 12.3. The number of hydrogen-bond donors (Lipinski definition) is 0. The van der Waals surface area contributed by atoms with Gasteiger partial charge in [0.05, 0.1) is 11.0 Å². The lowest BCUT2D eigenvalue weighted by Gasteiger charge is -2.11. The predicted octanol–water partition coefficient (Wildman–Crippen LogP) is 11.2. The number of nitrogens with zero attached hydrogens (tertiary/aromatic N) is 4. The summed E-state index contributed by atoms with van der Waals surface area (Å²) in [5, 5.41) is 4.53. The van der Waals surface area contributed by atoms with Crippen molar-refractivity contribution < 1.29 is 4.42 Å². The van der Waals surface area contributed by atoms with Crippen LogP contribution in [0.3, 0.4) is 0 Å². The highest BCUT2D eigenvalue weighted by Gasteiger charge is 2.19. The third kappa shape index (κ3) is 4.75. The van der Waals surface area contributed by atoms with Crippen molar-refractivity contribution in [3.05, 3.63) is 145 Å². The number of aryl methyl sites for hydroxylation is 1. The van der Waals surface area contributed by atoms with E-state index >= 15 is 0 Å². The maximum Gasteiger partial charge on any atom is 0.238 e. The molecule has 0 saturated heterocycles. The van der Waals surface area contributed by atoms with E-state index in [-0.39, 0.29) is 0 Å². The van der Waals surface area contributed by atoms with E-state index in [9.17, 15) is 0 Å². The Morgan fingerprint density at radius 1 is 0.542 bits per heavy atom. The highest BCUT2D eigenvalue weighted by molar-refractivity contribution is 6.15. The van der Waals surface area contributed by atoms with Crippen LogP contribution < -0.4 is 0 Å². The van der Waals surface area contributed by atoms with Crippen LogP contribution in [-0.4, -0.2) is 19.5 Å². The van der Waals surface area contributed by atoms with Crippen LogP contribution in [0, 0.1) is 0 Å². The fraction of sp³-hybridized carbons (Fsp3) is 0.0930. The summed E-state index contributed by atoms with van der Waals surface area (Å²) in [6, 6.07) is 48.6. The van der Waals surface area contributed by atoms with Crippen LogP contribution in [0.2, 0.25) is 0 Å². The molecule has 0 aliphatic rings. The molecule has 0 fully saturated rings. The second kappa shape index (κ2) is 11.6. The molecule has 0 spiro atoms. The first kappa shape index (κ1) is 28.2. The summed E-state index contributed by atoms with van der Waals surface area (Å²) in [4.78, 5) is 15.2. The number of benzene rings is 6. The van der Waals surface area contributed by atoms with Crippen molar-refractivity contribution in [2.75, 3.05) is 0 Å². The molecule has 0 bridgehead atoms. The number of para-hydroxylation sites is 2. The van der Waals surface area contributed by atoms with Crippen LogP contribution in [0.4, 0.5) is 0 Å². The van der Waals surface area contributed by atoms with E-state index in [4.69, 9.17) is 19.4 Å². The summed E-state index contributed by atoms with van der Waals surface area (Å²) >= 11 is 0. The molecule has 0 aliphatic carbocycles. The molecule has 0 aliphatic heterocycles. The molecule has 9 rings (SSSR count). The fourth-order valence-corrected chi connectivity index (χ4v) is 6.88. The van der Waals surface area contributed by atoms with Crippen LogP contribution in [0.5, 0.6) is 0 Å². The Morgan fingerprint density at radius 3 is 2.02 bits per heavy atom. The number of fused-ring (bicyclic) bond motifs is 6. The average Bonchev–Trinajstić information content (AvgIpc) is 3.70. The topological polar surface area (TPSA) is 56.7 Å². The zero-order valence-corrected chi connectivity index (χ0v) is 26.6. The standard InChI is InChI=1S/C43H32N4O/c1-2-3-12-28-21-23-30(24-22-28)42-44-41(29-13-5-4-6-14-29)45-43(46-42)47-36-18-9-7-15-33(36)35-27-31(25-26-37(35)47)32-17-11-20-39-40(32)34-16-8-10-19-38(34)48-39/h4-11,13-27H,2-3,12H2,1H3. The summed E-state index contributed by atoms with van der Waals surface area (Å²) in [5.74, 6) is 1.89. The van der Waals surface area contributed by atoms with Crippen LogP contribution in [0.15, 0.2) is 144 Å². The minimum atomic E-state index is 0.593. The summed E-state index contributed by atoms with van der Waals surface area (Å²) in [5.41, 5.74) is 9.40. The van der Waals surface area contributed by atoms with E-state index in [2.05, 4.69) is 115 Å². The van der Waals surface area contributed by atoms with Crippen molar-refractivity contribution in [3.63, 3.8) is 0 Å². The number of aromatic nitrogens is 4. The largest absolute Gasteiger partial charge is 0.456 e. The molecular formula is C43H32N4O.